The first-order chi connectivity index (χ1) is 13.2. The summed E-state index contributed by atoms with van der Waals surface area (Å²) in [6, 6.07) is 0. The van der Waals surface area contributed by atoms with E-state index in [1.165, 1.54) is 44.6 Å². The molecule has 2 aliphatic heterocycles. The van der Waals surface area contributed by atoms with E-state index in [4.69, 9.17) is 18.9 Å². The second kappa shape index (κ2) is 5.47. The van der Waals surface area contributed by atoms with Crippen LogP contribution in [0.3, 0.4) is 0 Å². The predicted molar refractivity (Wildman–Crippen MR) is 100 cm³/mol. The van der Waals surface area contributed by atoms with Gasteiger partial charge in [0, 0.05) is 0 Å². The van der Waals surface area contributed by atoms with Crippen LogP contribution in [0.5, 0.6) is 0 Å². The molecule has 0 aromatic heterocycles. The third-order valence-electron chi connectivity index (χ3n) is 6.06. The normalized spacial score (nSPS) is 30.3. The summed E-state index contributed by atoms with van der Waals surface area (Å²) in [7, 11) is 0. The zero-order valence-corrected chi connectivity index (χ0v) is 15.4. The van der Waals surface area contributed by atoms with Gasteiger partial charge in [-0.15, -0.1) is 0 Å². The first kappa shape index (κ1) is 15.5. The van der Waals surface area contributed by atoms with Crippen molar-refractivity contribution in [2.24, 2.45) is 0 Å². The van der Waals surface area contributed by atoms with Crippen molar-refractivity contribution in [1.82, 2.24) is 0 Å². The van der Waals surface area contributed by atoms with Crippen LogP contribution in [0.25, 0.3) is 0 Å². The molecule has 0 aromatic carbocycles. The average Bonchev–Trinajstić information content (AvgIpc) is 3.39. The molecule has 4 heteroatoms. The Kier molecular flexibility index (Phi) is 3.14. The van der Waals surface area contributed by atoms with Crippen LogP contribution >= 0.6 is 0 Å². The van der Waals surface area contributed by atoms with Gasteiger partial charge in [0.15, 0.2) is 13.6 Å². The Balaban J connectivity index is 1.33. The van der Waals surface area contributed by atoms with E-state index in [0.29, 0.717) is 13.6 Å². The highest BCUT2D eigenvalue weighted by molar-refractivity contribution is 5.71. The van der Waals surface area contributed by atoms with Crippen molar-refractivity contribution < 1.29 is 18.9 Å². The first-order valence-corrected chi connectivity index (χ1v) is 9.37. The third kappa shape index (κ3) is 2.23. The van der Waals surface area contributed by atoms with E-state index >= 15 is 0 Å². The van der Waals surface area contributed by atoms with E-state index in [9.17, 15) is 0 Å². The van der Waals surface area contributed by atoms with Crippen LogP contribution in [0.15, 0.2) is 92.6 Å². The molecule has 4 nitrogen and oxygen atoms in total. The van der Waals surface area contributed by atoms with E-state index in [0.717, 1.165) is 17.9 Å². The fourth-order valence-corrected chi connectivity index (χ4v) is 4.64. The van der Waals surface area contributed by atoms with Crippen LogP contribution in [-0.4, -0.2) is 25.8 Å². The largest absolute Gasteiger partial charge is 0.469 e. The van der Waals surface area contributed by atoms with Gasteiger partial charge in [-0.25, -0.2) is 0 Å². The molecule has 0 N–H and O–H groups in total. The average molecular weight is 360 g/mol. The van der Waals surface area contributed by atoms with Crippen LogP contribution in [-0.2, 0) is 18.9 Å². The molecule has 0 saturated carbocycles. The van der Waals surface area contributed by atoms with Gasteiger partial charge in [0.1, 0.15) is 23.7 Å². The predicted octanol–water partition coefficient (Wildman–Crippen LogP) is 4.28. The summed E-state index contributed by atoms with van der Waals surface area (Å²) in [6.07, 6.45) is 14.0. The number of ether oxygens (including phenoxy) is 4. The molecule has 2 atom stereocenters. The van der Waals surface area contributed by atoms with Crippen molar-refractivity contribution in [3.8, 4) is 0 Å². The molecular formula is C23H20O4. The molecule has 0 amide bonds. The first-order valence-electron chi connectivity index (χ1n) is 9.37. The zero-order valence-electron chi connectivity index (χ0n) is 15.4. The topological polar surface area (TPSA) is 36.9 Å². The van der Waals surface area contributed by atoms with E-state index in [1.54, 1.807) is 0 Å². The maximum Gasteiger partial charge on any atom is 0.189 e. The molecule has 2 heterocycles. The molecule has 4 aliphatic carbocycles. The minimum Gasteiger partial charge on any atom is -0.469 e. The van der Waals surface area contributed by atoms with E-state index in [2.05, 4.69) is 50.3 Å². The van der Waals surface area contributed by atoms with Gasteiger partial charge in [0.05, 0.1) is 0 Å². The second-order valence-corrected chi connectivity index (χ2v) is 7.65. The molecule has 27 heavy (non-hydrogen) atoms. The lowest BCUT2D eigenvalue weighted by Crippen LogP contribution is -2.12. The number of hydrogen-bond donors (Lipinski definition) is 0. The Bertz CT molecular complexity index is 941. The summed E-state index contributed by atoms with van der Waals surface area (Å²) in [5.74, 6) is 1.84. The smallest absolute Gasteiger partial charge is 0.189 e. The van der Waals surface area contributed by atoms with Crippen LogP contribution < -0.4 is 0 Å². The SMILES string of the molecule is CC1=C(CC2=C(C)C=C3C=C4OCOC4C=C32)C2=CC3OCOC3=CC2=C1. The second-order valence-electron chi connectivity index (χ2n) is 7.65. The maximum absolute atomic E-state index is 5.68. The monoisotopic (exact) mass is 360 g/mol. The minimum absolute atomic E-state index is 0.0474. The van der Waals surface area contributed by atoms with Gasteiger partial charge in [0.25, 0.3) is 0 Å². The van der Waals surface area contributed by atoms with E-state index in [-0.39, 0.29) is 12.2 Å². The lowest BCUT2D eigenvalue weighted by molar-refractivity contribution is 0.0627. The summed E-state index contributed by atoms with van der Waals surface area (Å²) in [6.45, 7) is 5.07. The summed E-state index contributed by atoms with van der Waals surface area (Å²) in [4.78, 5) is 0. The molecule has 6 rings (SSSR count). The lowest BCUT2D eigenvalue weighted by Gasteiger charge is -2.20. The van der Waals surface area contributed by atoms with E-state index in [1.807, 2.05) is 0 Å². The Morgan fingerprint density at radius 2 is 1.22 bits per heavy atom. The maximum atomic E-state index is 5.68. The van der Waals surface area contributed by atoms with Crippen molar-refractivity contribution in [2.45, 2.75) is 32.5 Å². The van der Waals surface area contributed by atoms with Gasteiger partial charge in [-0.05, 0) is 89.2 Å². The summed E-state index contributed by atoms with van der Waals surface area (Å²) < 4.78 is 22.5. The fourth-order valence-electron chi connectivity index (χ4n) is 4.64. The van der Waals surface area contributed by atoms with Crippen molar-refractivity contribution in [2.75, 3.05) is 13.6 Å². The number of allylic oxidation sites excluding steroid dienone is 12. The molecule has 0 bridgehead atoms. The highest BCUT2D eigenvalue weighted by Gasteiger charge is 2.34. The highest BCUT2D eigenvalue weighted by Crippen LogP contribution is 2.46. The Labute approximate surface area is 158 Å². The fraction of sp³-hybridized carbons (Fsp3) is 0.304. The summed E-state index contributed by atoms with van der Waals surface area (Å²) in [5, 5.41) is 0. The molecule has 2 unspecified atom stereocenters. The lowest BCUT2D eigenvalue weighted by atomic mass is 9.86. The Hall–Kier alpha value is -2.56. The molecule has 0 radical (unpaired) electrons. The van der Waals surface area contributed by atoms with Crippen molar-refractivity contribution in [1.29, 1.82) is 0 Å². The van der Waals surface area contributed by atoms with Crippen molar-refractivity contribution in [3.05, 3.63) is 92.6 Å². The van der Waals surface area contributed by atoms with Crippen LogP contribution in [0, 0.1) is 0 Å². The van der Waals surface area contributed by atoms with Gasteiger partial charge in [-0.1, -0.05) is 12.2 Å². The number of fused-ring (bicyclic) bond motifs is 4. The van der Waals surface area contributed by atoms with Crippen molar-refractivity contribution in [3.63, 3.8) is 0 Å². The van der Waals surface area contributed by atoms with Gasteiger partial charge < -0.3 is 18.9 Å². The zero-order chi connectivity index (χ0) is 18.1. The van der Waals surface area contributed by atoms with Crippen LogP contribution in [0.4, 0.5) is 0 Å². The molecule has 0 spiro atoms. The Morgan fingerprint density at radius 1 is 0.741 bits per heavy atom. The van der Waals surface area contributed by atoms with Gasteiger partial charge in [-0.3, -0.25) is 0 Å². The molecule has 0 aromatic rings. The molecular weight excluding hydrogens is 340 g/mol. The molecule has 2 saturated heterocycles. The Morgan fingerprint density at radius 3 is 1.70 bits per heavy atom. The highest BCUT2D eigenvalue weighted by atomic mass is 16.7. The summed E-state index contributed by atoms with van der Waals surface area (Å²) in [5.41, 5.74) is 10.4. The molecule has 6 aliphatic rings. The van der Waals surface area contributed by atoms with Crippen LogP contribution in [0.1, 0.15) is 20.3 Å². The van der Waals surface area contributed by atoms with Gasteiger partial charge in [0.2, 0.25) is 0 Å². The number of rotatable bonds is 2. The standard InChI is InChI=1S/C23H20O4/c1-12-3-14-5-20-22(26-10-24-20)8-18(14)16(12)7-17-13(2)4-15-6-21-23(9-19(15)17)27-11-25-21/h3-6,8-9,22-23H,7,10-11H2,1-2H3. The minimum atomic E-state index is -0.0474. The number of hydrogen-bond acceptors (Lipinski definition) is 4. The van der Waals surface area contributed by atoms with Crippen LogP contribution in [0.2, 0.25) is 0 Å². The quantitative estimate of drug-likeness (QED) is 0.736. The molecule has 136 valence electrons. The van der Waals surface area contributed by atoms with Crippen molar-refractivity contribution >= 4 is 0 Å². The van der Waals surface area contributed by atoms with Gasteiger partial charge >= 0.3 is 0 Å². The van der Waals surface area contributed by atoms with E-state index < -0.39 is 0 Å². The summed E-state index contributed by atoms with van der Waals surface area (Å²) >= 11 is 0. The third-order valence-corrected chi connectivity index (χ3v) is 6.06. The molecule has 2 fully saturated rings. The van der Waals surface area contributed by atoms with Gasteiger partial charge in [-0.2, -0.15) is 0 Å².